The largest absolute Gasteiger partial charge is 0.299 e. The second kappa shape index (κ2) is 7.99. The number of hydrogen-bond donors (Lipinski definition) is 0. The van der Waals surface area contributed by atoms with Crippen molar-refractivity contribution in [2.45, 2.75) is 53.9 Å². The average Bonchev–Trinajstić information content (AvgIpc) is 2.59. The smallest absolute Gasteiger partial charge is 0.145 e. The Labute approximate surface area is 158 Å². The lowest BCUT2D eigenvalue weighted by atomic mass is 9.86. The number of nitrogens with zero attached hydrogens (tertiary/aromatic N) is 1. The molecule has 0 saturated heterocycles. The van der Waals surface area contributed by atoms with Gasteiger partial charge in [-0.15, -0.1) is 0 Å². The lowest BCUT2D eigenvalue weighted by Crippen LogP contribution is -2.15. The summed E-state index contributed by atoms with van der Waals surface area (Å²) < 4.78 is 0. The van der Waals surface area contributed by atoms with E-state index in [9.17, 15) is 4.79 Å². The molecule has 2 nitrogen and oxygen atoms in total. The van der Waals surface area contributed by atoms with E-state index >= 15 is 0 Å². The molecule has 0 N–H and O–H groups in total. The maximum Gasteiger partial charge on any atom is 0.145 e. The maximum absolute atomic E-state index is 12.8. The highest BCUT2D eigenvalue weighted by Crippen LogP contribution is 2.27. The van der Waals surface area contributed by atoms with Gasteiger partial charge in [-0.25, -0.2) is 0 Å². The average molecular weight is 350 g/mol. The van der Waals surface area contributed by atoms with Crippen molar-refractivity contribution in [1.82, 2.24) is 0 Å². The summed E-state index contributed by atoms with van der Waals surface area (Å²) in [6.45, 7) is 12.7. The van der Waals surface area contributed by atoms with Gasteiger partial charge in [-0.1, -0.05) is 69.7 Å². The zero-order valence-corrected chi connectivity index (χ0v) is 17.2. The van der Waals surface area contributed by atoms with Crippen molar-refractivity contribution in [2.24, 2.45) is 10.4 Å². The summed E-state index contributed by atoms with van der Waals surface area (Å²) in [5, 5.41) is 2.44. The lowest BCUT2D eigenvalue weighted by molar-refractivity contribution is -0.118. The van der Waals surface area contributed by atoms with Crippen LogP contribution in [0.3, 0.4) is 0 Å². The number of fused-ring (bicyclic) bond motifs is 1. The van der Waals surface area contributed by atoms with Crippen LogP contribution in [0.5, 0.6) is 0 Å². The Morgan fingerprint density at radius 2 is 1.88 bits per heavy atom. The number of rotatable bonds is 5. The van der Waals surface area contributed by atoms with Crippen LogP contribution in [-0.4, -0.2) is 18.5 Å². The van der Waals surface area contributed by atoms with Gasteiger partial charge in [-0.05, 0) is 47.2 Å². The summed E-state index contributed by atoms with van der Waals surface area (Å²) >= 11 is 0. The number of aliphatic imine (C=N–C) groups is 1. The number of aryl methyl sites for hydroxylation is 1. The number of allylic oxidation sites excluding steroid dienone is 2. The Balaban J connectivity index is 2.21. The predicted octanol–water partition coefficient (Wildman–Crippen LogP) is 6.27. The van der Waals surface area contributed by atoms with E-state index in [1.165, 1.54) is 21.9 Å². The minimum Gasteiger partial charge on any atom is -0.299 e. The van der Waals surface area contributed by atoms with E-state index in [4.69, 9.17) is 0 Å². The first kappa shape index (κ1) is 20.1. The Hall–Kier alpha value is -2.22. The first-order valence-corrected chi connectivity index (χ1v) is 9.30. The van der Waals surface area contributed by atoms with Crippen molar-refractivity contribution in [1.29, 1.82) is 0 Å². The number of carbonyl (C=O) groups excluding carboxylic acids is 1. The molecule has 0 heterocycles. The van der Waals surface area contributed by atoms with E-state index in [1.807, 2.05) is 6.92 Å². The quantitative estimate of drug-likeness (QED) is 0.585. The molecule has 138 valence electrons. The Bertz CT molecular complexity index is 865. The molecule has 2 aromatic rings. The molecule has 0 spiro atoms. The second-order valence-electron chi connectivity index (χ2n) is 8.21. The molecule has 0 radical (unpaired) electrons. The van der Waals surface area contributed by atoms with Crippen molar-refractivity contribution >= 4 is 22.3 Å². The first-order valence-electron chi connectivity index (χ1n) is 9.30. The minimum atomic E-state index is -0.139. The molecule has 0 aromatic heterocycles. The van der Waals surface area contributed by atoms with Gasteiger partial charge >= 0.3 is 0 Å². The van der Waals surface area contributed by atoms with Crippen LogP contribution in [0.1, 0.15) is 58.1 Å². The molecular weight excluding hydrogens is 318 g/mol. The first-order chi connectivity index (χ1) is 12.1. The van der Waals surface area contributed by atoms with Gasteiger partial charge in [0.15, 0.2) is 0 Å². The molecule has 0 saturated carbocycles. The van der Waals surface area contributed by atoms with Gasteiger partial charge in [0, 0.05) is 25.1 Å². The SMILES string of the molecule is CN=C(/C=C(\C)C(C)(C)C)CC(=O)[C@@H](C)c1ccc2c(C)cccc2c1. The fraction of sp³-hybridized carbons (Fsp3) is 0.417. The molecule has 0 bridgehead atoms. The zero-order chi connectivity index (χ0) is 19.5. The zero-order valence-electron chi connectivity index (χ0n) is 17.2. The van der Waals surface area contributed by atoms with Crippen molar-refractivity contribution in [2.75, 3.05) is 7.05 Å². The van der Waals surface area contributed by atoms with E-state index in [0.717, 1.165) is 11.3 Å². The molecule has 26 heavy (non-hydrogen) atoms. The Morgan fingerprint density at radius 1 is 1.19 bits per heavy atom. The van der Waals surface area contributed by atoms with Gasteiger partial charge in [0.2, 0.25) is 0 Å². The normalized spacial score (nSPS) is 14.6. The van der Waals surface area contributed by atoms with Crippen LogP contribution < -0.4 is 0 Å². The standard InChI is InChI=1S/C24H31NO/c1-16-9-8-10-20-14-19(11-12-22(16)20)18(3)23(26)15-21(25-7)13-17(2)24(4,5)6/h8-14,18H,15H2,1-7H3/b17-13+,25-21?/t18-/m0/s1. The molecule has 0 aliphatic carbocycles. The summed E-state index contributed by atoms with van der Waals surface area (Å²) in [6.07, 6.45) is 2.44. The molecule has 0 aliphatic heterocycles. The third-order valence-electron chi connectivity index (χ3n) is 5.31. The van der Waals surface area contributed by atoms with Crippen molar-refractivity contribution in [3.05, 3.63) is 59.2 Å². The van der Waals surface area contributed by atoms with Crippen LogP contribution in [0.15, 0.2) is 53.0 Å². The highest BCUT2D eigenvalue weighted by Gasteiger charge is 2.19. The third kappa shape index (κ3) is 4.69. The van der Waals surface area contributed by atoms with E-state index in [-0.39, 0.29) is 17.1 Å². The van der Waals surface area contributed by atoms with Crippen LogP contribution in [0.2, 0.25) is 0 Å². The molecule has 0 fully saturated rings. The number of hydrogen-bond acceptors (Lipinski definition) is 2. The van der Waals surface area contributed by atoms with Crippen molar-refractivity contribution in [3.8, 4) is 0 Å². The summed E-state index contributed by atoms with van der Waals surface area (Å²) in [5.74, 6) is 0.0653. The molecular formula is C24H31NO. The highest BCUT2D eigenvalue weighted by atomic mass is 16.1. The number of ketones is 1. The van der Waals surface area contributed by atoms with E-state index in [1.54, 1.807) is 7.05 Å². The van der Waals surface area contributed by atoms with Gasteiger partial charge in [0.1, 0.15) is 5.78 Å². The number of carbonyl (C=O) groups is 1. The van der Waals surface area contributed by atoms with Crippen LogP contribution >= 0.6 is 0 Å². The molecule has 2 aromatic carbocycles. The second-order valence-corrected chi connectivity index (χ2v) is 8.21. The van der Waals surface area contributed by atoms with Gasteiger partial charge < -0.3 is 0 Å². The van der Waals surface area contributed by atoms with Gasteiger partial charge in [0.25, 0.3) is 0 Å². The monoisotopic (exact) mass is 349 g/mol. The molecule has 0 amide bonds. The van der Waals surface area contributed by atoms with Gasteiger partial charge in [-0.3, -0.25) is 9.79 Å². The van der Waals surface area contributed by atoms with Crippen LogP contribution in [0.4, 0.5) is 0 Å². The highest BCUT2D eigenvalue weighted by molar-refractivity contribution is 6.09. The van der Waals surface area contributed by atoms with E-state index < -0.39 is 0 Å². The number of Topliss-reactive ketones (excluding diaryl/α,β-unsaturated/α-hetero) is 1. The van der Waals surface area contributed by atoms with Crippen molar-refractivity contribution < 1.29 is 4.79 Å². The predicted molar refractivity (Wildman–Crippen MR) is 113 cm³/mol. The summed E-state index contributed by atoms with van der Waals surface area (Å²) in [7, 11) is 1.76. The molecule has 2 heteroatoms. The maximum atomic E-state index is 12.8. The van der Waals surface area contributed by atoms with Gasteiger partial charge in [0.05, 0.1) is 0 Å². The van der Waals surface area contributed by atoms with Crippen LogP contribution in [-0.2, 0) is 4.79 Å². The summed E-state index contributed by atoms with van der Waals surface area (Å²) in [4.78, 5) is 17.2. The van der Waals surface area contributed by atoms with Crippen LogP contribution in [0.25, 0.3) is 10.8 Å². The topological polar surface area (TPSA) is 29.4 Å². The molecule has 0 aliphatic rings. The minimum absolute atomic E-state index is 0.0841. The molecule has 1 atom stereocenters. The fourth-order valence-corrected chi connectivity index (χ4v) is 2.91. The lowest BCUT2D eigenvalue weighted by Gasteiger charge is -2.20. The molecule has 0 unspecified atom stereocenters. The van der Waals surface area contributed by atoms with E-state index in [0.29, 0.717) is 6.42 Å². The Morgan fingerprint density at radius 3 is 2.50 bits per heavy atom. The Kier molecular flexibility index (Phi) is 6.17. The summed E-state index contributed by atoms with van der Waals surface area (Å²) in [6, 6.07) is 12.6. The molecule has 2 rings (SSSR count). The summed E-state index contributed by atoms with van der Waals surface area (Å²) in [5.41, 5.74) is 4.50. The third-order valence-corrected chi connectivity index (χ3v) is 5.31. The fourth-order valence-electron chi connectivity index (χ4n) is 2.91. The van der Waals surface area contributed by atoms with Crippen molar-refractivity contribution in [3.63, 3.8) is 0 Å². The van der Waals surface area contributed by atoms with E-state index in [2.05, 4.69) is 82.1 Å². The van der Waals surface area contributed by atoms with Crippen LogP contribution in [0, 0.1) is 12.3 Å². The van der Waals surface area contributed by atoms with Gasteiger partial charge in [-0.2, -0.15) is 0 Å². The number of benzene rings is 2.